The summed E-state index contributed by atoms with van der Waals surface area (Å²) in [6, 6.07) is 6.68. The molecule has 0 saturated heterocycles. The fourth-order valence-corrected chi connectivity index (χ4v) is 4.08. The number of nitro groups is 2. The van der Waals surface area contributed by atoms with Crippen LogP contribution in [-0.2, 0) is 10.0 Å². The van der Waals surface area contributed by atoms with Gasteiger partial charge in [-0.15, -0.1) is 0 Å². The fraction of sp³-hybridized carbons (Fsp3) is 0.250. The largest absolute Gasteiger partial charge is 0.443 e. The van der Waals surface area contributed by atoms with E-state index < -0.39 is 31.2 Å². The van der Waals surface area contributed by atoms with Crippen molar-refractivity contribution < 1.29 is 23.0 Å². The van der Waals surface area contributed by atoms with Crippen LogP contribution >= 0.6 is 11.6 Å². The van der Waals surface area contributed by atoms with E-state index >= 15 is 0 Å². The van der Waals surface area contributed by atoms with Crippen molar-refractivity contribution >= 4 is 33.0 Å². The number of nitrogens with zero attached hydrogens (tertiary/aromatic N) is 3. The second kappa shape index (κ2) is 8.50. The minimum Gasteiger partial charge on any atom is -0.443 e. The average molecular weight is 430 g/mol. The summed E-state index contributed by atoms with van der Waals surface area (Å²) in [5.41, 5.74) is -1.13. The zero-order valence-corrected chi connectivity index (χ0v) is 16.4. The first kappa shape index (κ1) is 21.5. The molecule has 0 radical (unpaired) electrons. The SMILES string of the molecule is CCN(CC)S(=O)(=O)c1ccc(Oc2ccc(Cl)cc2[N+](=O)[O-])c([N+](=O)[O-])c1. The van der Waals surface area contributed by atoms with Crippen LogP contribution in [0.5, 0.6) is 11.5 Å². The molecular formula is C16H16ClN3O7S. The maximum absolute atomic E-state index is 12.6. The number of halogens is 1. The zero-order valence-electron chi connectivity index (χ0n) is 14.9. The van der Waals surface area contributed by atoms with Crippen LogP contribution in [0.2, 0.25) is 5.02 Å². The highest BCUT2D eigenvalue weighted by Crippen LogP contribution is 2.38. The van der Waals surface area contributed by atoms with E-state index in [0.29, 0.717) is 0 Å². The van der Waals surface area contributed by atoms with E-state index in [1.54, 1.807) is 13.8 Å². The lowest BCUT2D eigenvalue weighted by molar-refractivity contribution is -0.387. The van der Waals surface area contributed by atoms with Crippen molar-refractivity contribution in [2.75, 3.05) is 13.1 Å². The summed E-state index contributed by atoms with van der Waals surface area (Å²) >= 11 is 5.73. The maximum atomic E-state index is 12.6. The zero-order chi connectivity index (χ0) is 21.1. The lowest BCUT2D eigenvalue weighted by Gasteiger charge is -2.18. The van der Waals surface area contributed by atoms with E-state index in [9.17, 15) is 28.6 Å². The minimum atomic E-state index is -3.93. The molecular weight excluding hydrogens is 414 g/mol. The van der Waals surface area contributed by atoms with Gasteiger partial charge in [-0.2, -0.15) is 4.31 Å². The maximum Gasteiger partial charge on any atom is 0.313 e. The number of nitro benzene ring substituents is 2. The lowest BCUT2D eigenvalue weighted by Crippen LogP contribution is -2.30. The first-order valence-electron chi connectivity index (χ1n) is 8.02. The molecule has 0 unspecified atom stereocenters. The second-order valence-corrected chi connectivity index (χ2v) is 7.82. The number of hydrogen-bond donors (Lipinski definition) is 0. The third kappa shape index (κ3) is 4.38. The van der Waals surface area contributed by atoms with Crippen molar-refractivity contribution in [1.29, 1.82) is 0 Å². The highest BCUT2D eigenvalue weighted by Gasteiger charge is 2.27. The molecule has 0 aliphatic carbocycles. The molecule has 0 atom stereocenters. The Hall–Kier alpha value is -2.76. The molecule has 0 aliphatic heterocycles. The monoisotopic (exact) mass is 429 g/mol. The van der Waals surface area contributed by atoms with E-state index in [4.69, 9.17) is 16.3 Å². The fourth-order valence-electron chi connectivity index (χ4n) is 2.44. The van der Waals surface area contributed by atoms with Gasteiger partial charge in [-0.25, -0.2) is 8.42 Å². The normalized spacial score (nSPS) is 11.4. The molecule has 12 heteroatoms. The van der Waals surface area contributed by atoms with Crippen molar-refractivity contribution in [3.8, 4) is 11.5 Å². The van der Waals surface area contributed by atoms with Crippen LogP contribution < -0.4 is 4.74 Å². The van der Waals surface area contributed by atoms with Gasteiger partial charge >= 0.3 is 11.4 Å². The number of sulfonamides is 1. The van der Waals surface area contributed by atoms with Crippen molar-refractivity contribution in [2.24, 2.45) is 0 Å². The van der Waals surface area contributed by atoms with Gasteiger partial charge in [0.25, 0.3) is 0 Å². The number of hydrogen-bond acceptors (Lipinski definition) is 7. The van der Waals surface area contributed by atoms with Crippen molar-refractivity contribution in [2.45, 2.75) is 18.7 Å². The number of rotatable bonds is 8. The highest BCUT2D eigenvalue weighted by molar-refractivity contribution is 7.89. The average Bonchev–Trinajstić information content (AvgIpc) is 2.63. The van der Waals surface area contributed by atoms with E-state index in [-0.39, 0.29) is 34.5 Å². The lowest BCUT2D eigenvalue weighted by atomic mass is 10.2. The summed E-state index contributed by atoms with van der Waals surface area (Å²) in [5, 5.41) is 22.7. The van der Waals surface area contributed by atoms with Crippen molar-refractivity contribution in [1.82, 2.24) is 4.31 Å². The van der Waals surface area contributed by atoms with Crippen LogP contribution in [0.3, 0.4) is 0 Å². The smallest absolute Gasteiger partial charge is 0.313 e. The molecule has 2 aromatic rings. The first-order valence-corrected chi connectivity index (χ1v) is 9.84. The van der Waals surface area contributed by atoms with Crippen LogP contribution in [0.15, 0.2) is 41.3 Å². The van der Waals surface area contributed by atoms with Crippen LogP contribution in [0.1, 0.15) is 13.8 Å². The molecule has 28 heavy (non-hydrogen) atoms. The Morgan fingerprint density at radius 2 is 1.46 bits per heavy atom. The molecule has 0 N–H and O–H groups in total. The van der Waals surface area contributed by atoms with Gasteiger partial charge in [-0.3, -0.25) is 20.2 Å². The molecule has 10 nitrogen and oxygen atoms in total. The summed E-state index contributed by atoms with van der Waals surface area (Å²) in [7, 11) is -3.93. The van der Waals surface area contributed by atoms with E-state index in [0.717, 1.165) is 28.6 Å². The van der Waals surface area contributed by atoms with Crippen LogP contribution in [0, 0.1) is 20.2 Å². The van der Waals surface area contributed by atoms with E-state index in [1.165, 1.54) is 12.1 Å². The van der Waals surface area contributed by atoms with Gasteiger partial charge < -0.3 is 4.74 Å². The molecule has 0 saturated carbocycles. The summed E-state index contributed by atoms with van der Waals surface area (Å²) in [4.78, 5) is 20.8. The van der Waals surface area contributed by atoms with Gasteiger partial charge in [0.1, 0.15) is 0 Å². The highest BCUT2D eigenvalue weighted by atomic mass is 35.5. The third-order valence-electron chi connectivity index (χ3n) is 3.81. The van der Waals surface area contributed by atoms with Gasteiger partial charge in [0, 0.05) is 30.2 Å². The molecule has 2 aromatic carbocycles. The summed E-state index contributed by atoms with van der Waals surface area (Å²) in [6.07, 6.45) is 0. The topological polar surface area (TPSA) is 133 Å². The quantitative estimate of drug-likeness (QED) is 0.457. The van der Waals surface area contributed by atoms with Crippen LogP contribution in [0.4, 0.5) is 11.4 Å². The standard InChI is InChI=1S/C16H16ClN3O7S/c1-3-18(4-2)28(25,26)12-6-8-16(14(10-12)20(23)24)27-15-7-5-11(17)9-13(15)19(21)22/h5-10H,3-4H2,1-2H3. The summed E-state index contributed by atoms with van der Waals surface area (Å²) in [5.74, 6) is -0.606. The van der Waals surface area contributed by atoms with Crippen LogP contribution in [0.25, 0.3) is 0 Å². The van der Waals surface area contributed by atoms with Gasteiger partial charge in [0.2, 0.25) is 21.5 Å². The van der Waals surface area contributed by atoms with Crippen molar-refractivity contribution in [3.05, 3.63) is 61.6 Å². The predicted molar refractivity (Wildman–Crippen MR) is 101 cm³/mol. The van der Waals surface area contributed by atoms with Gasteiger partial charge in [0.15, 0.2) is 0 Å². The molecule has 0 fully saturated rings. The summed E-state index contributed by atoms with van der Waals surface area (Å²) < 4.78 is 31.7. The molecule has 0 aliphatic rings. The summed E-state index contributed by atoms with van der Waals surface area (Å²) in [6.45, 7) is 3.68. The molecule has 150 valence electrons. The third-order valence-corrected chi connectivity index (χ3v) is 6.09. The number of benzene rings is 2. The Balaban J connectivity index is 2.54. The molecule has 2 rings (SSSR count). The van der Waals surface area contributed by atoms with Gasteiger partial charge in [-0.05, 0) is 24.3 Å². The van der Waals surface area contributed by atoms with E-state index in [2.05, 4.69) is 0 Å². The Morgan fingerprint density at radius 3 is 1.96 bits per heavy atom. The molecule has 0 amide bonds. The molecule has 0 spiro atoms. The van der Waals surface area contributed by atoms with Crippen LogP contribution in [-0.4, -0.2) is 35.7 Å². The van der Waals surface area contributed by atoms with E-state index in [1.807, 2.05) is 0 Å². The van der Waals surface area contributed by atoms with Gasteiger partial charge in [0.05, 0.1) is 14.7 Å². The minimum absolute atomic E-state index is 0.0919. The molecule has 0 heterocycles. The predicted octanol–water partition coefficient (Wildman–Crippen LogP) is 3.98. The molecule has 0 bridgehead atoms. The van der Waals surface area contributed by atoms with Gasteiger partial charge in [-0.1, -0.05) is 25.4 Å². The Labute approximate surface area is 165 Å². The Kier molecular flexibility index (Phi) is 6.54. The van der Waals surface area contributed by atoms with Crippen molar-refractivity contribution in [3.63, 3.8) is 0 Å². The number of ether oxygens (including phenoxy) is 1. The first-order chi connectivity index (χ1) is 13.1. The Bertz CT molecular complexity index is 1020. The second-order valence-electron chi connectivity index (χ2n) is 5.45. The Morgan fingerprint density at radius 1 is 0.964 bits per heavy atom. The molecule has 0 aromatic heterocycles.